The Labute approximate surface area is 205 Å². The lowest BCUT2D eigenvalue weighted by Gasteiger charge is -2.51. The molecule has 8 nitrogen and oxygen atoms in total. The topological polar surface area (TPSA) is 87.2 Å². The van der Waals surface area contributed by atoms with Gasteiger partial charge in [-0.3, -0.25) is 9.88 Å². The van der Waals surface area contributed by atoms with E-state index in [1.165, 1.54) is 0 Å². The van der Waals surface area contributed by atoms with E-state index in [0.717, 1.165) is 42.4 Å². The third-order valence-electron chi connectivity index (χ3n) is 6.90. The van der Waals surface area contributed by atoms with Crippen LogP contribution in [0.5, 0.6) is 5.75 Å². The van der Waals surface area contributed by atoms with Crippen LogP contribution in [0.15, 0.2) is 55.3 Å². The van der Waals surface area contributed by atoms with Crippen molar-refractivity contribution >= 4 is 23.0 Å². The molecule has 3 fully saturated rings. The van der Waals surface area contributed by atoms with Crippen LogP contribution < -0.4 is 4.74 Å². The molecule has 0 radical (unpaired) electrons. The minimum atomic E-state index is -0.808. The molecule has 0 N–H and O–H groups in total. The van der Waals surface area contributed by atoms with E-state index >= 15 is 0 Å². The maximum Gasteiger partial charge on any atom is 0.509 e. The van der Waals surface area contributed by atoms with Crippen molar-refractivity contribution < 1.29 is 28.5 Å². The van der Waals surface area contributed by atoms with Crippen molar-refractivity contribution in [2.24, 2.45) is 11.8 Å². The molecule has 8 heteroatoms. The lowest BCUT2D eigenvalue weighted by Crippen LogP contribution is -2.55. The number of nitrogens with zero attached hydrogens (tertiary/aromatic N) is 2. The van der Waals surface area contributed by atoms with E-state index in [1.807, 2.05) is 30.3 Å². The van der Waals surface area contributed by atoms with Crippen molar-refractivity contribution in [2.45, 2.75) is 31.9 Å². The molecule has 5 atom stereocenters. The van der Waals surface area contributed by atoms with E-state index < -0.39 is 18.2 Å². The fourth-order valence-electron chi connectivity index (χ4n) is 5.08. The third-order valence-corrected chi connectivity index (χ3v) is 6.90. The standard InChI is InChI=1S/C27H32N2O6/c1-5-18-16-29-11-9-19(18)14-24(29)25(35-27(31)34-13-12-33-26(30)17(2)3)21-8-10-28-23-7-6-20(32-4)15-22(21)23/h5-8,10,15,18-19,24-25H,1-2,9,11-14,16H2,3-4H3/t18-,19+,24-,25+/m0/s1. The average Bonchev–Trinajstić information content (AvgIpc) is 2.89. The number of carbonyl (C=O) groups excluding carboxylic acids is 2. The van der Waals surface area contributed by atoms with E-state index in [4.69, 9.17) is 18.9 Å². The number of hydrogen-bond acceptors (Lipinski definition) is 8. The van der Waals surface area contributed by atoms with Crippen LogP contribution in [0.4, 0.5) is 4.79 Å². The third kappa shape index (κ3) is 5.48. The second kappa shape index (κ2) is 10.9. The van der Waals surface area contributed by atoms with Gasteiger partial charge in [0, 0.05) is 29.3 Å². The van der Waals surface area contributed by atoms with Crippen LogP contribution in [0.2, 0.25) is 0 Å². The number of carbonyl (C=O) groups is 2. The highest BCUT2D eigenvalue weighted by Gasteiger charge is 2.44. The zero-order valence-corrected chi connectivity index (χ0v) is 20.3. The molecular formula is C27H32N2O6. The Morgan fingerprint density at radius 2 is 2.06 bits per heavy atom. The fourth-order valence-corrected chi connectivity index (χ4v) is 5.08. The zero-order valence-electron chi connectivity index (χ0n) is 20.3. The van der Waals surface area contributed by atoms with Gasteiger partial charge in [-0.15, -0.1) is 6.58 Å². The predicted molar refractivity (Wildman–Crippen MR) is 131 cm³/mol. The summed E-state index contributed by atoms with van der Waals surface area (Å²) in [5.74, 6) is 1.10. The molecule has 35 heavy (non-hydrogen) atoms. The fraction of sp³-hybridized carbons (Fsp3) is 0.444. The summed E-state index contributed by atoms with van der Waals surface area (Å²) < 4.78 is 21.7. The van der Waals surface area contributed by atoms with E-state index in [1.54, 1.807) is 20.2 Å². The Morgan fingerprint density at radius 3 is 2.74 bits per heavy atom. The van der Waals surface area contributed by atoms with E-state index in [9.17, 15) is 9.59 Å². The van der Waals surface area contributed by atoms with Gasteiger partial charge in [0.15, 0.2) is 0 Å². The highest BCUT2D eigenvalue weighted by molar-refractivity contribution is 5.87. The number of benzene rings is 1. The molecule has 1 unspecified atom stereocenters. The van der Waals surface area contributed by atoms with Gasteiger partial charge >= 0.3 is 12.1 Å². The lowest BCUT2D eigenvalue weighted by molar-refractivity contribution is -0.140. The summed E-state index contributed by atoms with van der Waals surface area (Å²) in [6.45, 7) is 10.7. The van der Waals surface area contributed by atoms with Crippen LogP contribution in [-0.4, -0.2) is 61.5 Å². The molecule has 0 saturated carbocycles. The number of methoxy groups -OCH3 is 1. The maximum absolute atomic E-state index is 12.8. The number of ether oxygens (including phenoxy) is 4. The molecule has 5 rings (SSSR count). The first kappa shape index (κ1) is 24.7. The van der Waals surface area contributed by atoms with Crippen molar-refractivity contribution in [2.75, 3.05) is 33.4 Å². The van der Waals surface area contributed by atoms with E-state index in [2.05, 4.69) is 23.0 Å². The van der Waals surface area contributed by atoms with Crippen LogP contribution in [0.3, 0.4) is 0 Å². The summed E-state index contributed by atoms with van der Waals surface area (Å²) >= 11 is 0. The van der Waals surface area contributed by atoms with Gasteiger partial charge in [-0.25, -0.2) is 9.59 Å². The minimum absolute atomic E-state index is 0.00413. The normalized spacial score (nSPS) is 23.8. The molecule has 0 spiro atoms. The van der Waals surface area contributed by atoms with Crippen LogP contribution in [-0.2, 0) is 19.0 Å². The van der Waals surface area contributed by atoms with Gasteiger partial charge in [0.05, 0.1) is 18.7 Å². The maximum atomic E-state index is 12.8. The van der Waals surface area contributed by atoms with Gasteiger partial charge < -0.3 is 18.9 Å². The molecule has 0 amide bonds. The average molecular weight is 481 g/mol. The number of rotatable bonds is 9. The lowest BCUT2D eigenvalue weighted by atomic mass is 9.73. The summed E-state index contributed by atoms with van der Waals surface area (Å²) in [6, 6.07) is 7.55. The van der Waals surface area contributed by atoms with Crippen LogP contribution in [0.1, 0.15) is 31.4 Å². The van der Waals surface area contributed by atoms with Gasteiger partial charge in [0.1, 0.15) is 25.1 Å². The Hall–Kier alpha value is -3.39. The predicted octanol–water partition coefficient (Wildman–Crippen LogP) is 4.45. The van der Waals surface area contributed by atoms with Crippen molar-refractivity contribution in [3.05, 3.63) is 60.8 Å². The highest BCUT2D eigenvalue weighted by atomic mass is 16.7. The number of aromatic nitrogens is 1. The quantitative estimate of drug-likeness (QED) is 0.225. The summed E-state index contributed by atoms with van der Waals surface area (Å²) in [4.78, 5) is 31.2. The van der Waals surface area contributed by atoms with Crippen molar-refractivity contribution in [3.8, 4) is 5.75 Å². The molecular weight excluding hydrogens is 448 g/mol. The van der Waals surface area contributed by atoms with Crippen LogP contribution >= 0.6 is 0 Å². The molecule has 2 bridgehead atoms. The molecule has 0 aliphatic carbocycles. The molecule has 3 aliphatic heterocycles. The highest BCUT2D eigenvalue weighted by Crippen LogP contribution is 2.43. The van der Waals surface area contributed by atoms with Gasteiger partial charge in [0.25, 0.3) is 0 Å². The van der Waals surface area contributed by atoms with Crippen molar-refractivity contribution in [1.82, 2.24) is 9.88 Å². The number of pyridine rings is 1. The van der Waals surface area contributed by atoms with Crippen LogP contribution in [0.25, 0.3) is 10.9 Å². The summed E-state index contributed by atoms with van der Waals surface area (Å²) in [6.07, 6.45) is 4.38. The smallest absolute Gasteiger partial charge is 0.497 e. The molecule has 4 heterocycles. The summed E-state index contributed by atoms with van der Waals surface area (Å²) in [5, 5.41) is 0.864. The second-order valence-electron chi connectivity index (χ2n) is 9.08. The zero-order chi connectivity index (χ0) is 24.9. The first-order chi connectivity index (χ1) is 16.9. The Bertz CT molecular complexity index is 1120. The van der Waals surface area contributed by atoms with Gasteiger partial charge in [0.2, 0.25) is 0 Å². The molecule has 3 saturated heterocycles. The Balaban J connectivity index is 1.57. The summed E-state index contributed by atoms with van der Waals surface area (Å²) in [5.41, 5.74) is 1.93. The number of fused-ring (bicyclic) bond motifs is 4. The van der Waals surface area contributed by atoms with Gasteiger partial charge in [-0.05, 0) is 62.4 Å². The SMILES string of the molecule is C=C[C@H]1CN2CC[C@@H]1C[C@H]2[C@H](OC(=O)OCCOC(=O)C(=C)C)c1ccnc2ccc(OC)cc12. The largest absolute Gasteiger partial charge is 0.509 e. The van der Waals surface area contributed by atoms with Crippen molar-refractivity contribution in [1.29, 1.82) is 0 Å². The van der Waals surface area contributed by atoms with Gasteiger partial charge in [-0.2, -0.15) is 0 Å². The number of piperidine rings is 3. The molecule has 2 aromatic rings. The molecule has 186 valence electrons. The summed E-state index contributed by atoms with van der Waals surface area (Å²) in [7, 11) is 1.62. The second-order valence-corrected chi connectivity index (χ2v) is 9.08. The first-order valence-electron chi connectivity index (χ1n) is 11.9. The van der Waals surface area contributed by atoms with Gasteiger partial charge in [-0.1, -0.05) is 12.7 Å². The van der Waals surface area contributed by atoms with Crippen LogP contribution in [0, 0.1) is 11.8 Å². The first-order valence-corrected chi connectivity index (χ1v) is 11.9. The molecule has 1 aromatic carbocycles. The Morgan fingerprint density at radius 1 is 1.26 bits per heavy atom. The number of esters is 1. The monoisotopic (exact) mass is 480 g/mol. The molecule has 1 aromatic heterocycles. The van der Waals surface area contributed by atoms with E-state index in [-0.39, 0.29) is 24.8 Å². The number of hydrogen-bond donors (Lipinski definition) is 0. The van der Waals surface area contributed by atoms with Crippen molar-refractivity contribution in [3.63, 3.8) is 0 Å². The Kier molecular flexibility index (Phi) is 7.70. The molecule has 3 aliphatic rings. The van der Waals surface area contributed by atoms with E-state index in [0.29, 0.717) is 17.6 Å². The minimum Gasteiger partial charge on any atom is -0.497 e.